The first-order chi connectivity index (χ1) is 12.8. The molecule has 6 heteroatoms. The molecule has 0 spiro atoms. The van der Waals surface area contributed by atoms with Crippen LogP contribution in [0, 0.1) is 12.8 Å². The second-order valence-electron chi connectivity index (χ2n) is 6.64. The van der Waals surface area contributed by atoms with Gasteiger partial charge in [-0.2, -0.15) is 0 Å². The number of benzene rings is 2. The third kappa shape index (κ3) is 7.06. The van der Waals surface area contributed by atoms with Crippen LogP contribution in [-0.2, 0) is 9.53 Å². The van der Waals surface area contributed by atoms with E-state index in [1.807, 2.05) is 19.1 Å². The number of amides is 1. The number of anilines is 1. The lowest BCUT2D eigenvalue weighted by atomic mass is 10.1. The van der Waals surface area contributed by atoms with Crippen LogP contribution in [-0.4, -0.2) is 25.1 Å². The lowest BCUT2D eigenvalue weighted by Gasteiger charge is -2.10. The van der Waals surface area contributed by atoms with Crippen LogP contribution >= 0.6 is 15.9 Å². The van der Waals surface area contributed by atoms with Crippen molar-refractivity contribution in [2.24, 2.45) is 5.92 Å². The summed E-state index contributed by atoms with van der Waals surface area (Å²) in [7, 11) is 0. The molecule has 0 radical (unpaired) electrons. The van der Waals surface area contributed by atoms with Gasteiger partial charge in [0.05, 0.1) is 12.2 Å². The van der Waals surface area contributed by atoms with Crippen LogP contribution in [0.15, 0.2) is 46.9 Å². The highest BCUT2D eigenvalue weighted by molar-refractivity contribution is 9.10. The van der Waals surface area contributed by atoms with E-state index in [9.17, 15) is 9.59 Å². The maximum Gasteiger partial charge on any atom is 0.338 e. The second kappa shape index (κ2) is 10.1. The molecular formula is C21H24BrNO4. The average molecular weight is 434 g/mol. The van der Waals surface area contributed by atoms with Gasteiger partial charge in [0.25, 0.3) is 5.91 Å². The zero-order chi connectivity index (χ0) is 19.8. The van der Waals surface area contributed by atoms with Gasteiger partial charge >= 0.3 is 5.97 Å². The molecule has 0 atom stereocenters. The Morgan fingerprint density at radius 2 is 1.81 bits per heavy atom. The predicted molar refractivity (Wildman–Crippen MR) is 109 cm³/mol. The number of hydrogen-bond donors (Lipinski definition) is 1. The normalized spacial score (nSPS) is 10.6. The van der Waals surface area contributed by atoms with E-state index in [0.717, 1.165) is 16.5 Å². The zero-order valence-corrected chi connectivity index (χ0v) is 17.3. The zero-order valence-electron chi connectivity index (χ0n) is 15.8. The molecule has 0 heterocycles. The topological polar surface area (TPSA) is 64.6 Å². The van der Waals surface area contributed by atoms with E-state index in [1.165, 1.54) is 0 Å². The van der Waals surface area contributed by atoms with Crippen LogP contribution in [0.3, 0.4) is 0 Å². The molecule has 0 fully saturated rings. The van der Waals surface area contributed by atoms with Crippen molar-refractivity contribution in [1.29, 1.82) is 0 Å². The summed E-state index contributed by atoms with van der Waals surface area (Å²) in [5, 5.41) is 2.74. The molecular weight excluding hydrogens is 410 g/mol. The highest BCUT2D eigenvalue weighted by Crippen LogP contribution is 2.21. The Kier molecular flexibility index (Phi) is 7.85. The van der Waals surface area contributed by atoms with Gasteiger partial charge in [-0.1, -0.05) is 29.8 Å². The van der Waals surface area contributed by atoms with Gasteiger partial charge in [-0.3, -0.25) is 4.79 Å². The molecule has 27 heavy (non-hydrogen) atoms. The minimum absolute atomic E-state index is 0.0972. The van der Waals surface area contributed by atoms with Gasteiger partial charge in [0.1, 0.15) is 5.75 Å². The minimum atomic E-state index is -0.359. The molecule has 2 aromatic rings. The largest absolute Gasteiger partial charge is 0.484 e. The molecule has 1 N–H and O–H groups in total. The molecule has 0 aromatic heterocycles. The Balaban J connectivity index is 1.81. The summed E-state index contributed by atoms with van der Waals surface area (Å²) in [5.74, 6) is 0.481. The molecule has 1 amide bonds. The number of carbonyl (C=O) groups is 2. The highest BCUT2D eigenvalue weighted by Gasteiger charge is 2.09. The highest BCUT2D eigenvalue weighted by atomic mass is 79.9. The fraction of sp³-hybridized carbons (Fsp3) is 0.333. The molecule has 2 aromatic carbocycles. The van der Waals surface area contributed by atoms with E-state index in [4.69, 9.17) is 9.47 Å². The summed E-state index contributed by atoms with van der Waals surface area (Å²) >= 11 is 3.42. The summed E-state index contributed by atoms with van der Waals surface area (Å²) in [6.07, 6.45) is 0.831. The number of aryl methyl sites for hydroxylation is 1. The first-order valence-electron chi connectivity index (χ1n) is 8.81. The Labute approximate surface area is 168 Å². The van der Waals surface area contributed by atoms with Crippen LogP contribution in [0.25, 0.3) is 0 Å². The van der Waals surface area contributed by atoms with Crippen LogP contribution < -0.4 is 10.1 Å². The molecule has 0 aliphatic carbocycles. The molecule has 0 saturated heterocycles. The average Bonchev–Trinajstić information content (AvgIpc) is 2.63. The third-order valence-electron chi connectivity index (χ3n) is 3.83. The van der Waals surface area contributed by atoms with Crippen molar-refractivity contribution in [3.05, 3.63) is 58.1 Å². The number of ether oxygens (including phenoxy) is 2. The van der Waals surface area contributed by atoms with Gasteiger partial charge in [-0.05, 0) is 67.3 Å². The molecule has 0 bridgehead atoms. The predicted octanol–water partition coefficient (Wildman–Crippen LogP) is 4.98. The van der Waals surface area contributed by atoms with Crippen molar-refractivity contribution in [3.8, 4) is 5.75 Å². The first kappa shape index (κ1) is 21.0. The number of esters is 1. The van der Waals surface area contributed by atoms with Gasteiger partial charge in [-0.25, -0.2) is 4.79 Å². The summed E-state index contributed by atoms with van der Waals surface area (Å²) in [5.41, 5.74) is 2.08. The lowest BCUT2D eigenvalue weighted by molar-refractivity contribution is -0.118. The lowest BCUT2D eigenvalue weighted by Crippen LogP contribution is -2.20. The van der Waals surface area contributed by atoms with Gasteiger partial charge in [0, 0.05) is 10.2 Å². The molecule has 0 aliphatic rings. The SMILES string of the molecule is Cc1cc(OCC(=O)Nc2ccc(C(=O)OCCC(C)C)cc2)ccc1Br. The van der Waals surface area contributed by atoms with Crippen molar-refractivity contribution >= 4 is 33.5 Å². The van der Waals surface area contributed by atoms with Crippen LogP contribution in [0.2, 0.25) is 0 Å². The minimum Gasteiger partial charge on any atom is -0.484 e. The number of rotatable bonds is 8. The Morgan fingerprint density at radius 1 is 1.11 bits per heavy atom. The van der Waals surface area contributed by atoms with E-state index in [-0.39, 0.29) is 18.5 Å². The van der Waals surface area contributed by atoms with E-state index >= 15 is 0 Å². The van der Waals surface area contributed by atoms with E-state index in [0.29, 0.717) is 29.5 Å². The van der Waals surface area contributed by atoms with Crippen LogP contribution in [0.1, 0.15) is 36.2 Å². The van der Waals surface area contributed by atoms with Crippen molar-refractivity contribution in [3.63, 3.8) is 0 Å². The number of nitrogens with one attached hydrogen (secondary N) is 1. The quantitative estimate of drug-likeness (QED) is 0.596. The van der Waals surface area contributed by atoms with Crippen molar-refractivity contribution < 1.29 is 19.1 Å². The van der Waals surface area contributed by atoms with Gasteiger partial charge in [-0.15, -0.1) is 0 Å². The fourth-order valence-corrected chi connectivity index (χ4v) is 2.46. The maximum atomic E-state index is 12.0. The Morgan fingerprint density at radius 3 is 2.44 bits per heavy atom. The Bertz CT molecular complexity index is 787. The molecule has 144 valence electrons. The van der Waals surface area contributed by atoms with Crippen molar-refractivity contribution in [2.45, 2.75) is 27.2 Å². The fourth-order valence-electron chi connectivity index (χ4n) is 2.21. The maximum absolute atomic E-state index is 12.0. The van der Waals surface area contributed by atoms with Gasteiger partial charge in [0.15, 0.2) is 6.61 Å². The van der Waals surface area contributed by atoms with E-state index in [2.05, 4.69) is 35.1 Å². The van der Waals surface area contributed by atoms with E-state index in [1.54, 1.807) is 30.3 Å². The molecule has 2 rings (SSSR count). The monoisotopic (exact) mass is 433 g/mol. The molecule has 5 nitrogen and oxygen atoms in total. The first-order valence-corrected chi connectivity index (χ1v) is 9.60. The van der Waals surface area contributed by atoms with Crippen LogP contribution in [0.5, 0.6) is 5.75 Å². The molecule has 0 aliphatic heterocycles. The summed E-state index contributed by atoms with van der Waals surface area (Å²) in [6.45, 7) is 6.41. The van der Waals surface area contributed by atoms with Crippen LogP contribution in [0.4, 0.5) is 5.69 Å². The molecule has 0 unspecified atom stereocenters. The van der Waals surface area contributed by atoms with Crippen molar-refractivity contribution in [1.82, 2.24) is 0 Å². The van der Waals surface area contributed by atoms with Crippen molar-refractivity contribution in [2.75, 3.05) is 18.5 Å². The number of carbonyl (C=O) groups excluding carboxylic acids is 2. The van der Waals surface area contributed by atoms with Gasteiger partial charge < -0.3 is 14.8 Å². The number of hydrogen-bond acceptors (Lipinski definition) is 4. The summed E-state index contributed by atoms with van der Waals surface area (Å²) in [4.78, 5) is 24.0. The number of halogens is 1. The van der Waals surface area contributed by atoms with E-state index < -0.39 is 0 Å². The van der Waals surface area contributed by atoms with Gasteiger partial charge in [0.2, 0.25) is 0 Å². The standard InChI is InChI=1S/C21H24BrNO4/c1-14(2)10-11-26-21(25)16-4-6-17(7-5-16)23-20(24)13-27-18-8-9-19(22)15(3)12-18/h4-9,12,14H,10-11,13H2,1-3H3,(H,23,24). The second-order valence-corrected chi connectivity index (χ2v) is 7.50. The smallest absolute Gasteiger partial charge is 0.338 e. The Hall–Kier alpha value is -2.34. The summed E-state index contributed by atoms with van der Waals surface area (Å²) in [6, 6.07) is 12.1. The molecule has 0 saturated carbocycles. The summed E-state index contributed by atoms with van der Waals surface area (Å²) < 4.78 is 11.7. The third-order valence-corrected chi connectivity index (χ3v) is 4.72.